The molecule has 8 heteroatoms. The zero-order valence-electron chi connectivity index (χ0n) is 13.1. The Bertz CT molecular complexity index is 815. The summed E-state index contributed by atoms with van der Waals surface area (Å²) in [7, 11) is -2.10. The lowest BCUT2D eigenvalue weighted by atomic mass is 10.1. The number of benzene rings is 1. The zero-order valence-corrected chi connectivity index (χ0v) is 13.9. The molecule has 23 heavy (non-hydrogen) atoms. The molecule has 1 aliphatic rings. The second-order valence-corrected chi connectivity index (χ2v) is 7.54. The third-order valence-corrected chi connectivity index (χ3v) is 5.08. The molecule has 122 valence electrons. The summed E-state index contributed by atoms with van der Waals surface area (Å²) < 4.78 is 27.6. The number of hydrogen-bond donors (Lipinski definition) is 2. The maximum atomic E-state index is 12.5. The molecule has 0 aliphatic carbocycles. The van der Waals surface area contributed by atoms with Gasteiger partial charge >= 0.3 is 0 Å². The number of aromatic amines is 1. The first-order valence-electron chi connectivity index (χ1n) is 7.24. The van der Waals surface area contributed by atoms with Crippen molar-refractivity contribution in [3.63, 3.8) is 0 Å². The van der Waals surface area contributed by atoms with Gasteiger partial charge in [0, 0.05) is 30.6 Å². The minimum Gasteiger partial charge on any atom is -0.587 e. The van der Waals surface area contributed by atoms with Crippen LogP contribution in [-0.2, 0) is 21.2 Å². The van der Waals surface area contributed by atoms with E-state index in [-0.39, 0.29) is 16.9 Å². The number of amides is 1. The fourth-order valence-corrected chi connectivity index (χ4v) is 3.54. The van der Waals surface area contributed by atoms with Crippen molar-refractivity contribution < 1.29 is 13.6 Å². The quantitative estimate of drug-likeness (QED) is 0.836. The summed E-state index contributed by atoms with van der Waals surface area (Å²) in [6.45, 7) is 4.23. The monoisotopic (exact) mass is 334 g/mol. The van der Waals surface area contributed by atoms with Crippen molar-refractivity contribution in [2.75, 3.05) is 11.8 Å². The fourth-order valence-electron chi connectivity index (χ4n) is 2.52. The van der Waals surface area contributed by atoms with E-state index in [0.29, 0.717) is 29.2 Å². The van der Waals surface area contributed by atoms with Gasteiger partial charge in [-0.25, -0.2) is 9.71 Å². The number of anilines is 1. The van der Waals surface area contributed by atoms with Gasteiger partial charge in [0.15, 0.2) is 10.4 Å². The number of aromatic nitrogens is 2. The fraction of sp³-hybridized carbons (Fsp3) is 0.333. The second-order valence-electron chi connectivity index (χ2n) is 5.89. The highest BCUT2D eigenvalue weighted by Crippen LogP contribution is 2.30. The van der Waals surface area contributed by atoms with Crippen molar-refractivity contribution in [3.05, 3.63) is 41.3 Å². The summed E-state index contributed by atoms with van der Waals surface area (Å²) in [6.07, 6.45) is 1.30. The van der Waals surface area contributed by atoms with Gasteiger partial charge in [0.25, 0.3) is 10.9 Å². The average Bonchev–Trinajstić information content (AvgIpc) is 3.07. The minimum atomic E-state index is -3.78. The molecule has 2 heterocycles. The molecule has 0 radical (unpaired) electrons. The lowest BCUT2D eigenvalue weighted by molar-refractivity contribution is 0.0816. The molecule has 1 atom stereocenters. The van der Waals surface area contributed by atoms with E-state index >= 15 is 0 Å². The van der Waals surface area contributed by atoms with Gasteiger partial charge < -0.3 is 14.4 Å². The molecule has 1 unspecified atom stereocenters. The number of nitrogens with zero attached hydrogens (tertiary/aromatic N) is 2. The number of rotatable bonds is 4. The van der Waals surface area contributed by atoms with E-state index in [2.05, 4.69) is 14.7 Å². The van der Waals surface area contributed by atoms with E-state index in [1.807, 2.05) is 13.8 Å². The largest absolute Gasteiger partial charge is 0.587 e. The maximum absolute atomic E-state index is 12.5. The molecule has 0 saturated carbocycles. The van der Waals surface area contributed by atoms with Crippen LogP contribution in [-0.4, -0.2) is 32.4 Å². The molecule has 0 spiro atoms. The molecular weight excluding hydrogens is 316 g/mol. The molecule has 0 saturated heterocycles. The molecule has 7 nitrogen and oxygen atoms in total. The minimum absolute atomic E-state index is 0.0106. The first kappa shape index (κ1) is 15.7. The smallest absolute Gasteiger partial charge is 0.270 e. The highest BCUT2D eigenvalue weighted by atomic mass is 32.3. The van der Waals surface area contributed by atoms with E-state index in [4.69, 9.17) is 0 Å². The predicted molar refractivity (Wildman–Crippen MR) is 85.6 cm³/mol. The van der Waals surface area contributed by atoms with E-state index in [1.165, 1.54) is 6.20 Å². The summed E-state index contributed by atoms with van der Waals surface area (Å²) in [4.78, 5) is 20.4. The number of nitrogens with one attached hydrogen (secondary N) is 2. The van der Waals surface area contributed by atoms with Crippen molar-refractivity contribution in [2.24, 2.45) is 0 Å². The summed E-state index contributed by atoms with van der Waals surface area (Å²) >= 11 is 0. The first-order chi connectivity index (χ1) is 10.8. The Labute approximate surface area is 135 Å². The molecule has 2 N–H and O–H groups in total. The molecular formula is C15H18N4O3S. The number of H-pyrrole nitrogens is 1. The van der Waals surface area contributed by atoms with Crippen LogP contribution in [0.15, 0.2) is 29.4 Å². The summed E-state index contributed by atoms with van der Waals surface area (Å²) in [6, 6.07) is 5.02. The van der Waals surface area contributed by atoms with E-state index in [1.54, 1.807) is 30.1 Å². The Morgan fingerprint density at radius 2 is 2.17 bits per heavy atom. The summed E-state index contributed by atoms with van der Waals surface area (Å²) in [5.74, 6) is 0.606. The van der Waals surface area contributed by atoms with Gasteiger partial charge in [-0.3, -0.25) is 4.79 Å². The lowest BCUT2D eigenvalue weighted by Crippen LogP contribution is -2.22. The number of carbonyl (C=O) groups is 1. The average molecular weight is 334 g/mol. The number of imidazole rings is 1. The van der Waals surface area contributed by atoms with Crippen LogP contribution >= 0.6 is 0 Å². The molecule has 1 aromatic heterocycles. The lowest BCUT2D eigenvalue weighted by Gasteiger charge is -2.16. The second kappa shape index (κ2) is 5.47. The highest BCUT2D eigenvalue weighted by Gasteiger charge is 2.30. The topological polar surface area (TPSA) is 101 Å². The van der Waals surface area contributed by atoms with Crippen LogP contribution in [0.5, 0.6) is 0 Å². The van der Waals surface area contributed by atoms with Gasteiger partial charge in [-0.1, -0.05) is 24.1 Å². The van der Waals surface area contributed by atoms with Gasteiger partial charge in [-0.2, -0.15) is 0 Å². The van der Waals surface area contributed by atoms with Gasteiger partial charge in [0.2, 0.25) is 0 Å². The van der Waals surface area contributed by atoms with Crippen LogP contribution in [0, 0.1) is 0 Å². The number of carbonyl (C=O) groups excluding carboxylic acids is 1. The Morgan fingerprint density at radius 3 is 2.83 bits per heavy atom. The van der Waals surface area contributed by atoms with Crippen molar-refractivity contribution in [1.82, 2.24) is 14.9 Å². The molecule has 1 amide bonds. The van der Waals surface area contributed by atoms with Crippen LogP contribution in [0.4, 0.5) is 5.69 Å². The van der Waals surface area contributed by atoms with E-state index < -0.39 is 10.4 Å². The Kier molecular flexibility index (Phi) is 3.73. The molecule has 0 bridgehead atoms. The van der Waals surface area contributed by atoms with Gasteiger partial charge in [-0.05, 0) is 12.1 Å². The predicted octanol–water partition coefficient (Wildman–Crippen LogP) is 2.13. The maximum Gasteiger partial charge on any atom is 0.270 e. The van der Waals surface area contributed by atoms with Crippen molar-refractivity contribution >= 4 is 22.0 Å². The third-order valence-electron chi connectivity index (χ3n) is 3.80. The van der Waals surface area contributed by atoms with Crippen LogP contribution < -0.4 is 4.72 Å². The highest BCUT2D eigenvalue weighted by molar-refractivity contribution is 7.98. The third kappa shape index (κ3) is 2.75. The van der Waals surface area contributed by atoms with E-state index in [9.17, 15) is 13.6 Å². The van der Waals surface area contributed by atoms with Crippen LogP contribution in [0.25, 0.3) is 0 Å². The van der Waals surface area contributed by atoms with Crippen molar-refractivity contribution in [2.45, 2.75) is 31.3 Å². The van der Waals surface area contributed by atoms with Gasteiger partial charge in [0.05, 0.1) is 5.69 Å². The normalized spacial score (nSPS) is 16.6. The Hall–Kier alpha value is -2.19. The van der Waals surface area contributed by atoms with Crippen LogP contribution in [0.2, 0.25) is 0 Å². The van der Waals surface area contributed by atoms with Crippen molar-refractivity contribution in [1.29, 1.82) is 0 Å². The van der Waals surface area contributed by atoms with Crippen LogP contribution in [0.3, 0.4) is 0 Å². The molecule has 1 aromatic carbocycles. The molecule has 0 fully saturated rings. The summed E-state index contributed by atoms with van der Waals surface area (Å²) in [5.41, 5.74) is 1.63. The zero-order chi connectivity index (χ0) is 16.8. The number of fused-ring (bicyclic) bond motifs is 1. The molecule has 3 rings (SSSR count). The molecule has 2 aromatic rings. The Morgan fingerprint density at radius 1 is 1.43 bits per heavy atom. The number of sulfonamides is 1. The molecule has 1 aliphatic heterocycles. The SMILES string of the molecule is CC(C)c1ncc([S+](=O)([O-])Nc2cccc3c2CN(C)C3=O)[nH]1. The van der Waals surface area contributed by atoms with Crippen molar-refractivity contribution in [3.8, 4) is 0 Å². The Balaban J connectivity index is 1.93. The van der Waals surface area contributed by atoms with Gasteiger partial charge in [0.1, 0.15) is 12.0 Å². The standard InChI is InChI=1S/C15H18N4O3S/c1-9(2)14-16-7-13(17-14)23(21,22)18-12-6-4-5-10-11(12)8-19(3)15(10)20/h4-7,9H,8H2,1-3H3,(H2-,16,17,18,21,22). The van der Waals surface area contributed by atoms with E-state index in [0.717, 1.165) is 0 Å². The number of hydrogen-bond acceptors (Lipinski definition) is 4. The summed E-state index contributed by atoms with van der Waals surface area (Å²) in [5, 5.41) is 0.0106. The van der Waals surface area contributed by atoms with Gasteiger partial charge in [-0.15, -0.1) is 0 Å². The van der Waals surface area contributed by atoms with Crippen LogP contribution in [0.1, 0.15) is 41.5 Å². The first-order valence-corrected chi connectivity index (χ1v) is 8.73.